The van der Waals surface area contributed by atoms with Gasteiger partial charge in [0.05, 0.1) is 18.3 Å². The summed E-state index contributed by atoms with van der Waals surface area (Å²) in [7, 11) is 0. The summed E-state index contributed by atoms with van der Waals surface area (Å²) in [6.45, 7) is 4.98. The number of ether oxygens (including phenoxy) is 2. The van der Waals surface area contributed by atoms with Gasteiger partial charge in [0.25, 0.3) is 5.91 Å². The monoisotopic (exact) mass is 629 g/mol. The molecule has 4 aromatic rings. The highest BCUT2D eigenvalue weighted by atomic mass is 19.4. The van der Waals surface area contributed by atoms with Crippen molar-refractivity contribution >= 4 is 23.5 Å². The average Bonchev–Trinajstić information content (AvgIpc) is 3.39. The minimum Gasteiger partial charge on any atom is -0.453 e. The molecule has 234 valence electrons. The van der Waals surface area contributed by atoms with Gasteiger partial charge < -0.3 is 25.8 Å². The van der Waals surface area contributed by atoms with E-state index in [9.17, 15) is 27.2 Å². The van der Waals surface area contributed by atoms with Gasteiger partial charge >= 0.3 is 12.3 Å². The molecule has 0 unspecified atom stereocenters. The molecular weight excluding hydrogens is 605 g/mol. The number of benzene rings is 1. The number of rotatable bonds is 6. The Bertz CT molecular complexity index is 1810. The quantitative estimate of drug-likeness (QED) is 0.188. The van der Waals surface area contributed by atoms with Crippen molar-refractivity contribution in [3.05, 3.63) is 83.4 Å². The van der Waals surface area contributed by atoms with E-state index in [1.165, 1.54) is 24.4 Å². The third-order valence-corrected chi connectivity index (χ3v) is 5.51. The first-order valence-corrected chi connectivity index (χ1v) is 12.9. The van der Waals surface area contributed by atoms with E-state index < -0.39 is 52.5 Å². The highest BCUT2D eigenvalue weighted by molar-refractivity contribution is 6.05. The number of carbonyl (C=O) groups is 2. The van der Waals surface area contributed by atoms with Gasteiger partial charge in [-0.2, -0.15) is 18.3 Å². The number of hydrogen-bond donors (Lipinski definition) is 3. The Labute approximate surface area is 252 Å². The molecule has 0 saturated heterocycles. The smallest absolute Gasteiger partial charge is 0.434 e. The number of amides is 2. The summed E-state index contributed by atoms with van der Waals surface area (Å²) in [5, 5.41) is 8.11. The Kier molecular flexibility index (Phi) is 9.21. The van der Waals surface area contributed by atoms with Gasteiger partial charge in [-0.05, 0) is 45.0 Å². The maximum Gasteiger partial charge on any atom is 0.434 e. The van der Waals surface area contributed by atoms with E-state index in [0.717, 1.165) is 24.4 Å². The molecule has 4 N–H and O–H groups in total. The summed E-state index contributed by atoms with van der Waals surface area (Å²) in [6, 6.07) is 6.51. The number of nitrogens with one attached hydrogen (secondary N) is 2. The molecule has 4 rings (SSSR count). The van der Waals surface area contributed by atoms with Crippen LogP contribution in [0, 0.1) is 23.5 Å². The molecule has 0 aliphatic carbocycles. The number of hydrogen-bond acceptors (Lipinski definition) is 8. The van der Waals surface area contributed by atoms with Crippen molar-refractivity contribution in [2.45, 2.75) is 32.5 Å². The van der Waals surface area contributed by atoms with Crippen molar-refractivity contribution in [1.82, 2.24) is 25.1 Å². The van der Waals surface area contributed by atoms with Crippen LogP contribution < -0.4 is 21.1 Å². The zero-order valence-electron chi connectivity index (χ0n) is 23.8. The van der Waals surface area contributed by atoms with Crippen LogP contribution in [0.2, 0.25) is 0 Å². The summed E-state index contributed by atoms with van der Waals surface area (Å²) in [6.07, 6.45) is -2.87. The first kappa shape index (κ1) is 32.2. The fraction of sp³-hybridized carbons (Fsp3) is 0.207. The molecule has 0 saturated carbocycles. The highest BCUT2D eigenvalue weighted by Crippen LogP contribution is 2.35. The Hall–Kier alpha value is -5.72. The number of anilines is 2. The van der Waals surface area contributed by atoms with Crippen LogP contribution >= 0.6 is 0 Å². The van der Waals surface area contributed by atoms with E-state index in [1.54, 1.807) is 20.8 Å². The van der Waals surface area contributed by atoms with Crippen LogP contribution in [0.3, 0.4) is 0 Å². The lowest BCUT2D eigenvalue weighted by atomic mass is 10.2. The van der Waals surface area contributed by atoms with E-state index >= 15 is 4.39 Å². The van der Waals surface area contributed by atoms with Crippen LogP contribution in [-0.2, 0) is 10.9 Å². The van der Waals surface area contributed by atoms with E-state index in [2.05, 4.69) is 37.5 Å². The van der Waals surface area contributed by atoms with Gasteiger partial charge in [-0.15, -0.1) is 0 Å². The second-order valence-corrected chi connectivity index (χ2v) is 10.1. The third-order valence-electron chi connectivity index (χ3n) is 5.51. The minimum absolute atomic E-state index is 0.00643. The maximum absolute atomic E-state index is 15.0. The molecule has 0 radical (unpaired) electrons. The molecular formula is C29H24F5N7O4. The molecule has 0 atom stereocenters. The van der Waals surface area contributed by atoms with Gasteiger partial charge in [-0.25, -0.2) is 28.2 Å². The molecule has 0 aliphatic rings. The molecule has 0 bridgehead atoms. The lowest BCUT2D eigenvalue weighted by Crippen LogP contribution is -2.32. The summed E-state index contributed by atoms with van der Waals surface area (Å²) >= 11 is 0. The van der Waals surface area contributed by atoms with Gasteiger partial charge in [0.15, 0.2) is 28.9 Å². The van der Waals surface area contributed by atoms with Crippen molar-refractivity contribution < 1.29 is 41.0 Å². The van der Waals surface area contributed by atoms with Gasteiger partial charge in [-0.3, -0.25) is 4.79 Å². The zero-order valence-corrected chi connectivity index (χ0v) is 23.8. The van der Waals surface area contributed by atoms with Crippen molar-refractivity contribution in [1.29, 1.82) is 0 Å². The van der Waals surface area contributed by atoms with Crippen LogP contribution in [0.5, 0.6) is 11.5 Å². The fourth-order valence-corrected chi connectivity index (χ4v) is 3.69. The van der Waals surface area contributed by atoms with E-state index in [1.807, 2.05) is 0 Å². The minimum atomic E-state index is -5.13. The topological polar surface area (TPSA) is 146 Å². The predicted molar refractivity (Wildman–Crippen MR) is 151 cm³/mol. The Morgan fingerprint density at radius 2 is 1.78 bits per heavy atom. The average molecular weight is 630 g/mol. The first-order chi connectivity index (χ1) is 21.1. The highest BCUT2D eigenvalue weighted by Gasteiger charge is 2.41. The Morgan fingerprint density at radius 1 is 1.02 bits per heavy atom. The maximum atomic E-state index is 15.0. The van der Waals surface area contributed by atoms with Crippen molar-refractivity contribution in [3.63, 3.8) is 0 Å². The predicted octanol–water partition coefficient (Wildman–Crippen LogP) is 5.46. The SMILES string of the molecule is CC(C)(C)OC(=O)NCC#Cc1c(Oc2ccc(NC(=O)c3cnn(-c4ncccc4F)c3C(F)(F)F)cc2F)ccnc1N. The molecule has 1 aromatic carbocycles. The van der Waals surface area contributed by atoms with Gasteiger partial charge in [0, 0.05) is 30.2 Å². The lowest BCUT2D eigenvalue weighted by Gasteiger charge is -2.19. The van der Waals surface area contributed by atoms with Crippen LogP contribution in [0.1, 0.15) is 42.4 Å². The molecule has 0 fully saturated rings. The number of nitrogen functional groups attached to an aromatic ring is 1. The Morgan fingerprint density at radius 3 is 2.44 bits per heavy atom. The largest absolute Gasteiger partial charge is 0.453 e. The van der Waals surface area contributed by atoms with E-state index in [4.69, 9.17) is 15.2 Å². The van der Waals surface area contributed by atoms with Crippen LogP contribution in [0.25, 0.3) is 5.82 Å². The Balaban J connectivity index is 1.51. The number of alkyl halides is 3. The lowest BCUT2D eigenvalue weighted by molar-refractivity contribution is -0.143. The number of nitrogens with zero attached hydrogens (tertiary/aromatic N) is 4. The summed E-state index contributed by atoms with van der Waals surface area (Å²) in [5.41, 5.74) is 2.53. The molecule has 0 aliphatic heterocycles. The molecule has 11 nitrogen and oxygen atoms in total. The molecule has 2 amide bonds. The van der Waals surface area contributed by atoms with Gasteiger partial charge in [0.2, 0.25) is 0 Å². The third kappa shape index (κ3) is 8.02. The molecule has 16 heteroatoms. The molecule has 0 spiro atoms. The molecule has 45 heavy (non-hydrogen) atoms. The number of carbonyl (C=O) groups excluding carboxylic acids is 2. The summed E-state index contributed by atoms with van der Waals surface area (Å²) in [4.78, 5) is 32.1. The number of pyridine rings is 2. The second-order valence-electron chi connectivity index (χ2n) is 10.1. The second kappa shape index (κ2) is 12.9. The van der Waals surface area contributed by atoms with Crippen LogP contribution in [0.4, 0.5) is 38.3 Å². The fourth-order valence-electron chi connectivity index (χ4n) is 3.69. The number of nitrogens with two attached hydrogens (primary N) is 1. The molecule has 3 aromatic heterocycles. The van der Waals surface area contributed by atoms with Gasteiger partial charge in [-0.1, -0.05) is 11.8 Å². The van der Waals surface area contributed by atoms with E-state index in [-0.39, 0.29) is 39.8 Å². The first-order valence-electron chi connectivity index (χ1n) is 12.9. The van der Waals surface area contributed by atoms with Crippen molar-refractivity contribution in [2.24, 2.45) is 0 Å². The molecule has 3 heterocycles. The van der Waals surface area contributed by atoms with Crippen LogP contribution in [0.15, 0.2) is 55.0 Å². The zero-order chi connectivity index (χ0) is 32.9. The number of alkyl carbamates (subject to hydrolysis) is 1. The van der Waals surface area contributed by atoms with Gasteiger partial charge in [0.1, 0.15) is 22.7 Å². The number of halogens is 5. The van der Waals surface area contributed by atoms with Crippen molar-refractivity contribution in [2.75, 3.05) is 17.6 Å². The number of aromatic nitrogens is 4. The van der Waals surface area contributed by atoms with E-state index in [0.29, 0.717) is 6.20 Å². The summed E-state index contributed by atoms with van der Waals surface area (Å²) < 4.78 is 81.8. The standard InChI is InChI=1S/C29H24F5N7O4/c1-28(2,3)45-27(43)38-12-4-6-17-21(10-13-36-24(17)35)44-22-9-8-16(14-20(22)31)40-26(42)18-15-39-41(23(18)29(32,33)34)25-19(30)7-5-11-37-25/h5,7-11,13-15H,12H2,1-3H3,(H2,35,36)(H,38,43)(H,40,42). The normalized spacial score (nSPS) is 11.3. The van der Waals surface area contributed by atoms with Crippen molar-refractivity contribution in [3.8, 4) is 29.2 Å². The summed E-state index contributed by atoms with van der Waals surface area (Å²) in [5.74, 6) is 0.802. The van der Waals surface area contributed by atoms with Crippen LogP contribution in [-0.4, -0.2) is 43.9 Å².